The minimum atomic E-state index is -0.409. The van der Waals surface area contributed by atoms with Crippen LogP contribution in [0.2, 0.25) is 0 Å². The maximum atomic E-state index is 13.2. The first kappa shape index (κ1) is 17.7. The molecule has 2 fully saturated rings. The molecule has 1 aromatic carbocycles. The van der Waals surface area contributed by atoms with E-state index < -0.39 is 6.04 Å². The molecule has 0 radical (unpaired) electrons. The van der Waals surface area contributed by atoms with Crippen LogP contribution in [0.25, 0.3) is 0 Å². The summed E-state index contributed by atoms with van der Waals surface area (Å²) in [6.07, 6.45) is 3.32. The molecular weight excluding hydrogens is 323 g/mol. The zero-order chi connectivity index (χ0) is 17.6. The van der Waals surface area contributed by atoms with Gasteiger partial charge in [0.1, 0.15) is 11.9 Å². The van der Waals surface area contributed by atoms with Crippen molar-refractivity contribution < 1.29 is 14.0 Å². The lowest BCUT2D eigenvalue weighted by molar-refractivity contribution is -0.127. The van der Waals surface area contributed by atoms with E-state index in [-0.39, 0.29) is 17.8 Å². The largest absolute Gasteiger partial charge is 0.353 e. The Morgan fingerprint density at radius 1 is 1.16 bits per heavy atom. The molecule has 0 spiro atoms. The second-order valence-corrected chi connectivity index (χ2v) is 6.56. The SMILES string of the molecule is O=C(NCCN1CCNC1=O)C(c1ccc(F)cc1)N1CCCCC1. The zero-order valence-corrected chi connectivity index (χ0v) is 14.3. The maximum Gasteiger partial charge on any atom is 0.317 e. The summed E-state index contributed by atoms with van der Waals surface area (Å²) in [4.78, 5) is 28.2. The average molecular weight is 348 g/mol. The highest BCUT2D eigenvalue weighted by molar-refractivity contribution is 5.83. The number of nitrogens with zero attached hydrogens (tertiary/aromatic N) is 2. The molecule has 1 unspecified atom stereocenters. The smallest absolute Gasteiger partial charge is 0.317 e. The van der Waals surface area contributed by atoms with Gasteiger partial charge in [0.2, 0.25) is 5.91 Å². The summed E-state index contributed by atoms with van der Waals surface area (Å²) in [6.45, 7) is 3.96. The summed E-state index contributed by atoms with van der Waals surface area (Å²) in [5.74, 6) is -0.394. The predicted molar refractivity (Wildman–Crippen MR) is 92.5 cm³/mol. The van der Waals surface area contributed by atoms with Gasteiger partial charge in [0.25, 0.3) is 0 Å². The number of carbonyl (C=O) groups is 2. The number of likely N-dealkylation sites (tertiary alicyclic amines) is 1. The molecule has 2 heterocycles. The quantitative estimate of drug-likeness (QED) is 0.819. The number of benzene rings is 1. The van der Waals surface area contributed by atoms with Gasteiger partial charge in [-0.1, -0.05) is 18.6 Å². The average Bonchev–Trinajstić information content (AvgIpc) is 3.03. The molecule has 0 aliphatic carbocycles. The lowest BCUT2D eigenvalue weighted by atomic mass is 10.0. The van der Waals surface area contributed by atoms with Crippen molar-refractivity contribution in [2.75, 3.05) is 39.3 Å². The Balaban J connectivity index is 1.64. The van der Waals surface area contributed by atoms with Crippen molar-refractivity contribution in [3.05, 3.63) is 35.6 Å². The van der Waals surface area contributed by atoms with Gasteiger partial charge in [-0.2, -0.15) is 0 Å². The Kier molecular flexibility index (Phi) is 5.86. The molecule has 3 rings (SSSR count). The molecule has 2 aliphatic rings. The van der Waals surface area contributed by atoms with E-state index in [1.807, 2.05) is 0 Å². The summed E-state index contributed by atoms with van der Waals surface area (Å²) in [5.41, 5.74) is 0.805. The second-order valence-electron chi connectivity index (χ2n) is 6.56. The van der Waals surface area contributed by atoms with Crippen LogP contribution in [-0.2, 0) is 4.79 Å². The van der Waals surface area contributed by atoms with Crippen molar-refractivity contribution in [2.24, 2.45) is 0 Å². The highest BCUT2D eigenvalue weighted by atomic mass is 19.1. The minimum Gasteiger partial charge on any atom is -0.353 e. The van der Waals surface area contributed by atoms with E-state index in [0.717, 1.165) is 31.5 Å². The lowest BCUT2D eigenvalue weighted by Gasteiger charge is -2.34. The molecule has 3 amide bonds. The highest BCUT2D eigenvalue weighted by Gasteiger charge is 2.29. The molecule has 2 N–H and O–H groups in total. The fourth-order valence-electron chi connectivity index (χ4n) is 3.48. The predicted octanol–water partition coefficient (Wildman–Crippen LogP) is 1.49. The van der Waals surface area contributed by atoms with E-state index in [4.69, 9.17) is 0 Å². The second kappa shape index (κ2) is 8.29. The van der Waals surface area contributed by atoms with Crippen molar-refractivity contribution in [2.45, 2.75) is 25.3 Å². The molecule has 1 aromatic rings. The maximum absolute atomic E-state index is 13.2. The van der Waals surface area contributed by atoms with Crippen LogP contribution >= 0.6 is 0 Å². The summed E-state index contributed by atoms with van der Waals surface area (Å²) >= 11 is 0. The van der Waals surface area contributed by atoms with Gasteiger partial charge in [0.05, 0.1) is 0 Å². The van der Waals surface area contributed by atoms with Crippen LogP contribution in [0, 0.1) is 5.82 Å². The number of rotatable bonds is 6. The Labute approximate surface area is 147 Å². The molecule has 2 saturated heterocycles. The molecular formula is C18H25FN4O2. The fraction of sp³-hybridized carbons (Fsp3) is 0.556. The van der Waals surface area contributed by atoms with Crippen molar-refractivity contribution in [3.8, 4) is 0 Å². The molecule has 25 heavy (non-hydrogen) atoms. The van der Waals surface area contributed by atoms with Gasteiger partial charge >= 0.3 is 6.03 Å². The van der Waals surface area contributed by atoms with Crippen molar-refractivity contribution in [1.29, 1.82) is 0 Å². The van der Waals surface area contributed by atoms with E-state index in [1.165, 1.54) is 18.6 Å². The third-order valence-electron chi connectivity index (χ3n) is 4.82. The fourth-order valence-corrected chi connectivity index (χ4v) is 3.48. The zero-order valence-electron chi connectivity index (χ0n) is 14.3. The van der Waals surface area contributed by atoms with Gasteiger partial charge in [-0.15, -0.1) is 0 Å². The van der Waals surface area contributed by atoms with Gasteiger partial charge in [-0.3, -0.25) is 9.69 Å². The van der Waals surface area contributed by atoms with Gasteiger partial charge in [-0.25, -0.2) is 9.18 Å². The van der Waals surface area contributed by atoms with Gasteiger partial charge in [0.15, 0.2) is 0 Å². The molecule has 0 saturated carbocycles. The van der Waals surface area contributed by atoms with E-state index in [0.29, 0.717) is 26.2 Å². The number of hydrogen-bond acceptors (Lipinski definition) is 3. The Morgan fingerprint density at radius 3 is 2.52 bits per heavy atom. The number of amides is 3. The topological polar surface area (TPSA) is 64.7 Å². The third-order valence-corrected chi connectivity index (χ3v) is 4.82. The molecule has 136 valence electrons. The van der Waals surface area contributed by atoms with Gasteiger partial charge in [0, 0.05) is 26.2 Å². The molecule has 7 heteroatoms. The standard InChI is InChI=1S/C18H25FN4O2/c19-15-6-4-14(5-7-15)16(22-10-2-1-3-11-22)17(24)20-8-12-23-13-9-21-18(23)25/h4-7,16H,1-3,8-13H2,(H,20,24)(H,21,25). The third kappa shape index (κ3) is 4.48. The summed E-state index contributed by atoms with van der Waals surface area (Å²) in [5, 5.41) is 5.69. The minimum absolute atomic E-state index is 0.0830. The highest BCUT2D eigenvalue weighted by Crippen LogP contribution is 2.25. The molecule has 0 bridgehead atoms. The van der Waals surface area contributed by atoms with Gasteiger partial charge < -0.3 is 15.5 Å². The Morgan fingerprint density at radius 2 is 1.88 bits per heavy atom. The monoisotopic (exact) mass is 348 g/mol. The Hall–Kier alpha value is -2.15. The molecule has 6 nitrogen and oxygen atoms in total. The first-order chi connectivity index (χ1) is 12.1. The first-order valence-corrected chi connectivity index (χ1v) is 8.95. The van der Waals surface area contributed by atoms with Crippen LogP contribution in [0.1, 0.15) is 30.9 Å². The summed E-state index contributed by atoms with van der Waals surface area (Å²) in [7, 11) is 0. The van der Waals surface area contributed by atoms with E-state index >= 15 is 0 Å². The number of piperidine rings is 1. The first-order valence-electron chi connectivity index (χ1n) is 8.95. The van der Waals surface area contributed by atoms with E-state index in [1.54, 1.807) is 17.0 Å². The van der Waals surface area contributed by atoms with E-state index in [9.17, 15) is 14.0 Å². The molecule has 2 aliphatic heterocycles. The lowest BCUT2D eigenvalue weighted by Crippen LogP contribution is -2.45. The van der Waals surface area contributed by atoms with Crippen LogP contribution in [0.5, 0.6) is 0 Å². The summed E-state index contributed by atoms with van der Waals surface area (Å²) < 4.78 is 13.2. The van der Waals surface area contributed by atoms with Crippen LogP contribution < -0.4 is 10.6 Å². The number of hydrogen-bond donors (Lipinski definition) is 2. The van der Waals surface area contributed by atoms with Gasteiger partial charge in [-0.05, 0) is 43.6 Å². The van der Waals surface area contributed by atoms with Crippen molar-refractivity contribution in [3.63, 3.8) is 0 Å². The van der Waals surface area contributed by atoms with Crippen LogP contribution in [0.3, 0.4) is 0 Å². The number of halogens is 1. The number of carbonyl (C=O) groups excluding carboxylic acids is 2. The number of urea groups is 1. The van der Waals surface area contributed by atoms with Crippen LogP contribution in [0.15, 0.2) is 24.3 Å². The normalized spacial score (nSPS) is 19.6. The van der Waals surface area contributed by atoms with Crippen LogP contribution in [0.4, 0.5) is 9.18 Å². The van der Waals surface area contributed by atoms with Crippen molar-refractivity contribution >= 4 is 11.9 Å². The number of nitrogens with one attached hydrogen (secondary N) is 2. The van der Waals surface area contributed by atoms with E-state index in [2.05, 4.69) is 15.5 Å². The Bertz CT molecular complexity index is 602. The van der Waals surface area contributed by atoms with Crippen molar-refractivity contribution in [1.82, 2.24) is 20.4 Å². The van der Waals surface area contributed by atoms with Crippen LogP contribution in [-0.4, -0.2) is 61.0 Å². The molecule has 0 aromatic heterocycles. The summed E-state index contributed by atoms with van der Waals surface area (Å²) in [6, 6.07) is 5.67. The molecule has 1 atom stereocenters.